The molecule has 1 aliphatic rings. The van der Waals surface area contributed by atoms with Gasteiger partial charge >= 0.3 is 0 Å². The Morgan fingerprint density at radius 3 is 2.33 bits per heavy atom. The third-order valence-electron chi connectivity index (χ3n) is 5.39. The van der Waals surface area contributed by atoms with Crippen molar-refractivity contribution in [3.8, 4) is 5.69 Å². The molecule has 0 amide bonds. The van der Waals surface area contributed by atoms with E-state index in [2.05, 4.69) is 20.5 Å². The lowest BCUT2D eigenvalue weighted by Crippen LogP contribution is -2.43. The molecule has 0 radical (unpaired) electrons. The lowest BCUT2D eigenvalue weighted by molar-refractivity contribution is 0.590. The maximum atomic E-state index is 13.3. The van der Waals surface area contributed by atoms with Crippen molar-refractivity contribution in [3.63, 3.8) is 0 Å². The highest BCUT2D eigenvalue weighted by molar-refractivity contribution is 5.92. The zero-order valence-corrected chi connectivity index (χ0v) is 16.6. The molecule has 0 bridgehead atoms. The molecule has 3 heterocycles. The number of hydrogen-bond acceptors (Lipinski definition) is 5. The highest BCUT2D eigenvalue weighted by Crippen LogP contribution is 2.29. The van der Waals surface area contributed by atoms with E-state index in [0.29, 0.717) is 16.9 Å². The Morgan fingerprint density at radius 2 is 1.60 bits per heavy atom. The van der Waals surface area contributed by atoms with Gasteiger partial charge in [-0.25, -0.2) is 4.98 Å². The molecule has 0 atom stereocenters. The summed E-state index contributed by atoms with van der Waals surface area (Å²) in [6.45, 7) is 3.55. The SMILES string of the molecule is O=c1cc(Nc2ccccc2)n(-c2ccccc2)c2nccc(N3CCNCC3)c12. The molecule has 0 saturated carbocycles. The van der Waals surface area contributed by atoms with Crippen LogP contribution in [0.4, 0.5) is 17.2 Å². The standard InChI is InChI=1S/C24H23N5O/c30-21-17-22(27-18-7-3-1-4-8-18)29(19-9-5-2-6-10-19)24-23(21)20(11-12-26-24)28-15-13-25-14-16-28/h1-12,17,25,27H,13-16H2. The van der Waals surface area contributed by atoms with Gasteiger partial charge in [0.05, 0.1) is 11.1 Å². The fourth-order valence-corrected chi connectivity index (χ4v) is 3.99. The Hall–Kier alpha value is -3.64. The summed E-state index contributed by atoms with van der Waals surface area (Å²) in [5.74, 6) is 0.690. The highest BCUT2D eigenvalue weighted by Gasteiger charge is 2.19. The van der Waals surface area contributed by atoms with Crippen molar-refractivity contribution >= 4 is 28.2 Å². The van der Waals surface area contributed by atoms with E-state index in [1.165, 1.54) is 0 Å². The minimum absolute atomic E-state index is 0.0303. The quantitative estimate of drug-likeness (QED) is 0.552. The van der Waals surface area contributed by atoms with Crippen LogP contribution in [0.25, 0.3) is 16.7 Å². The number of fused-ring (bicyclic) bond motifs is 1. The molecular formula is C24H23N5O. The van der Waals surface area contributed by atoms with Gasteiger partial charge in [0.25, 0.3) is 0 Å². The lowest BCUT2D eigenvalue weighted by atomic mass is 10.1. The van der Waals surface area contributed by atoms with Crippen LogP contribution in [0.1, 0.15) is 0 Å². The molecule has 1 fully saturated rings. The van der Waals surface area contributed by atoms with Gasteiger partial charge < -0.3 is 15.5 Å². The van der Waals surface area contributed by atoms with Crippen molar-refractivity contribution in [2.24, 2.45) is 0 Å². The van der Waals surface area contributed by atoms with Crippen LogP contribution in [0.5, 0.6) is 0 Å². The Balaban J connectivity index is 1.75. The summed E-state index contributed by atoms with van der Waals surface area (Å²) >= 11 is 0. The normalized spacial score (nSPS) is 14.1. The van der Waals surface area contributed by atoms with Gasteiger partial charge in [-0.1, -0.05) is 36.4 Å². The molecule has 5 rings (SSSR count). The van der Waals surface area contributed by atoms with Gasteiger partial charge in [0.1, 0.15) is 5.82 Å². The number of nitrogens with zero attached hydrogens (tertiary/aromatic N) is 3. The van der Waals surface area contributed by atoms with Gasteiger partial charge in [-0.3, -0.25) is 9.36 Å². The largest absolute Gasteiger partial charge is 0.368 e. The predicted octanol–water partition coefficient (Wildman–Crippen LogP) is 3.54. The van der Waals surface area contributed by atoms with Crippen LogP contribution in [0.3, 0.4) is 0 Å². The second-order valence-corrected chi connectivity index (χ2v) is 7.32. The van der Waals surface area contributed by atoms with Crippen LogP contribution in [-0.2, 0) is 0 Å². The summed E-state index contributed by atoms with van der Waals surface area (Å²) in [6, 6.07) is 23.5. The average molecular weight is 397 g/mol. The lowest BCUT2D eigenvalue weighted by Gasteiger charge is -2.30. The van der Waals surface area contributed by atoms with Crippen LogP contribution >= 0.6 is 0 Å². The number of rotatable bonds is 4. The number of anilines is 3. The van der Waals surface area contributed by atoms with E-state index >= 15 is 0 Å². The monoisotopic (exact) mass is 397 g/mol. The van der Waals surface area contributed by atoms with E-state index in [-0.39, 0.29) is 5.43 Å². The van der Waals surface area contributed by atoms with Crippen LogP contribution in [0, 0.1) is 0 Å². The number of piperazine rings is 1. The van der Waals surface area contributed by atoms with Crippen LogP contribution in [-0.4, -0.2) is 35.7 Å². The molecule has 0 unspecified atom stereocenters. The molecule has 2 aromatic heterocycles. The van der Waals surface area contributed by atoms with Crippen molar-refractivity contribution < 1.29 is 0 Å². The highest BCUT2D eigenvalue weighted by atomic mass is 16.1. The van der Waals surface area contributed by atoms with E-state index < -0.39 is 0 Å². The van der Waals surface area contributed by atoms with Crippen LogP contribution in [0.2, 0.25) is 0 Å². The van der Waals surface area contributed by atoms with Crippen molar-refractivity contribution in [1.29, 1.82) is 0 Å². The van der Waals surface area contributed by atoms with Crippen LogP contribution in [0.15, 0.2) is 83.8 Å². The topological polar surface area (TPSA) is 62.2 Å². The van der Waals surface area contributed by atoms with Crippen molar-refractivity contribution in [3.05, 3.63) is 89.2 Å². The fourth-order valence-electron chi connectivity index (χ4n) is 3.99. The molecule has 4 aromatic rings. The summed E-state index contributed by atoms with van der Waals surface area (Å²) in [6.07, 6.45) is 1.80. The van der Waals surface area contributed by atoms with Gasteiger partial charge in [0.15, 0.2) is 11.1 Å². The van der Waals surface area contributed by atoms with E-state index in [0.717, 1.165) is 43.2 Å². The maximum absolute atomic E-state index is 13.3. The minimum atomic E-state index is -0.0303. The summed E-state index contributed by atoms with van der Waals surface area (Å²) in [5, 5.41) is 7.43. The number of hydrogen-bond donors (Lipinski definition) is 2. The molecule has 6 heteroatoms. The Kier molecular flexibility index (Phi) is 4.91. The number of benzene rings is 2. The average Bonchev–Trinajstić information content (AvgIpc) is 2.81. The molecule has 1 aliphatic heterocycles. The second kappa shape index (κ2) is 8.00. The first-order valence-corrected chi connectivity index (χ1v) is 10.2. The first-order valence-electron chi connectivity index (χ1n) is 10.2. The van der Waals surface area contributed by atoms with Gasteiger partial charge in [0, 0.05) is 49.8 Å². The molecule has 2 aromatic carbocycles. The van der Waals surface area contributed by atoms with E-state index in [9.17, 15) is 4.79 Å². The summed E-state index contributed by atoms with van der Waals surface area (Å²) in [4.78, 5) is 20.2. The number of nitrogens with one attached hydrogen (secondary N) is 2. The predicted molar refractivity (Wildman–Crippen MR) is 122 cm³/mol. The van der Waals surface area contributed by atoms with Crippen molar-refractivity contribution in [1.82, 2.24) is 14.9 Å². The Morgan fingerprint density at radius 1 is 0.900 bits per heavy atom. The smallest absolute Gasteiger partial charge is 0.195 e. The van der Waals surface area contributed by atoms with Gasteiger partial charge in [-0.15, -0.1) is 0 Å². The molecule has 6 nitrogen and oxygen atoms in total. The first kappa shape index (κ1) is 18.4. The van der Waals surface area contributed by atoms with Gasteiger partial charge in [-0.2, -0.15) is 0 Å². The summed E-state index contributed by atoms with van der Waals surface area (Å²) < 4.78 is 2.02. The third-order valence-corrected chi connectivity index (χ3v) is 5.39. The second-order valence-electron chi connectivity index (χ2n) is 7.32. The van der Waals surface area contributed by atoms with Gasteiger partial charge in [-0.05, 0) is 30.3 Å². The molecule has 0 aliphatic carbocycles. The minimum Gasteiger partial charge on any atom is -0.368 e. The van der Waals surface area contributed by atoms with E-state index in [1.807, 2.05) is 71.3 Å². The molecule has 0 spiro atoms. The van der Waals surface area contributed by atoms with E-state index in [1.54, 1.807) is 12.3 Å². The number of aromatic nitrogens is 2. The van der Waals surface area contributed by atoms with Crippen molar-refractivity contribution in [2.45, 2.75) is 0 Å². The van der Waals surface area contributed by atoms with Gasteiger partial charge in [0.2, 0.25) is 0 Å². The molecule has 30 heavy (non-hydrogen) atoms. The fraction of sp³-hybridized carbons (Fsp3) is 0.167. The van der Waals surface area contributed by atoms with Crippen molar-refractivity contribution in [2.75, 3.05) is 36.4 Å². The molecule has 2 N–H and O–H groups in total. The summed E-state index contributed by atoms with van der Waals surface area (Å²) in [7, 11) is 0. The number of para-hydroxylation sites is 2. The first-order chi connectivity index (χ1) is 14.8. The molecule has 1 saturated heterocycles. The molecule has 150 valence electrons. The third kappa shape index (κ3) is 3.42. The molecular weight excluding hydrogens is 374 g/mol. The van der Waals surface area contributed by atoms with Crippen LogP contribution < -0.4 is 21.0 Å². The maximum Gasteiger partial charge on any atom is 0.195 e. The Bertz CT molecular complexity index is 1220. The zero-order chi connectivity index (χ0) is 20.3. The van der Waals surface area contributed by atoms with E-state index in [4.69, 9.17) is 0 Å². The number of pyridine rings is 2. The zero-order valence-electron chi connectivity index (χ0n) is 16.6. The summed E-state index contributed by atoms with van der Waals surface area (Å²) in [5.41, 5.74) is 3.44. The Labute approximate surface area is 174 Å².